The van der Waals surface area contributed by atoms with Crippen LogP contribution < -0.4 is 4.74 Å². The van der Waals surface area contributed by atoms with Crippen LogP contribution in [0.4, 0.5) is 13.2 Å². The van der Waals surface area contributed by atoms with Crippen molar-refractivity contribution in [3.8, 4) is 17.1 Å². The molecule has 2 aromatic rings. The van der Waals surface area contributed by atoms with Gasteiger partial charge in [-0.2, -0.15) is 0 Å². The van der Waals surface area contributed by atoms with Gasteiger partial charge in [0.1, 0.15) is 11.5 Å². The van der Waals surface area contributed by atoms with Gasteiger partial charge in [0.2, 0.25) is 0 Å². The number of aliphatic imine (C=N–C) groups is 1. The van der Waals surface area contributed by atoms with Crippen LogP contribution in [-0.2, 0) is 16.0 Å². The third-order valence-corrected chi connectivity index (χ3v) is 4.96. The second-order valence-electron chi connectivity index (χ2n) is 7.14. The molecule has 0 bridgehead atoms. The predicted molar refractivity (Wildman–Crippen MR) is 114 cm³/mol. The number of aromatic nitrogens is 2. The summed E-state index contributed by atoms with van der Waals surface area (Å²) in [6.45, 7) is 6.19. The maximum Gasteiger partial charge on any atom is 0.573 e. The number of hydrogen-bond acceptors (Lipinski definition) is 6. The Labute approximate surface area is 184 Å². The van der Waals surface area contributed by atoms with Crippen LogP contribution in [0.25, 0.3) is 17.0 Å². The molecule has 0 N–H and O–H groups in total. The Morgan fingerprint density at radius 1 is 1.16 bits per heavy atom. The largest absolute Gasteiger partial charge is 0.573 e. The van der Waals surface area contributed by atoms with Crippen LogP contribution in [0.2, 0.25) is 0 Å². The molecule has 0 radical (unpaired) electrons. The second kappa shape index (κ2) is 9.93. The smallest absolute Gasteiger partial charge is 0.461 e. The number of rotatable bonds is 6. The summed E-state index contributed by atoms with van der Waals surface area (Å²) < 4.78 is 46.3. The fourth-order valence-electron chi connectivity index (χ4n) is 3.58. The predicted octanol–water partition coefficient (Wildman–Crippen LogP) is 5.18. The zero-order chi connectivity index (χ0) is 23.3. The highest BCUT2D eigenvalue weighted by Gasteiger charge is 2.31. The minimum atomic E-state index is -4.75. The standard InChI is InChI=1S/C23H24F3N3O3/c1-4-27-20(22(30)31-5-2)18-8-6-7-16-13-28-21(29-19(16)14(18)3)15-9-11-17(12-10-15)32-23(24,25)26/h9-13H,4-8H2,1-3H3/b27-20+. The van der Waals surface area contributed by atoms with Crippen LogP contribution in [0.15, 0.2) is 41.0 Å². The molecule has 6 nitrogen and oxygen atoms in total. The molecule has 1 aromatic carbocycles. The molecule has 0 unspecified atom stereocenters. The molecular formula is C23H24F3N3O3. The summed E-state index contributed by atoms with van der Waals surface area (Å²) in [6.07, 6.45) is -0.841. The molecule has 0 aliphatic heterocycles. The van der Waals surface area contributed by atoms with E-state index in [0.717, 1.165) is 29.6 Å². The van der Waals surface area contributed by atoms with E-state index in [1.807, 2.05) is 13.8 Å². The van der Waals surface area contributed by atoms with Crippen molar-refractivity contribution < 1.29 is 27.4 Å². The molecule has 1 aromatic heterocycles. The monoisotopic (exact) mass is 447 g/mol. The van der Waals surface area contributed by atoms with Gasteiger partial charge in [-0.05, 0) is 81.0 Å². The zero-order valence-corrected chi connectivity index (χ0v) is 18.1. The van der Waals surface area contributed by atoms with Gasteiger partial charge in [0.05, 0.1) is 12.3 Å². The number of halogens is 3. The lowest BCUT2D eigenvalue weighted by Gasteiger charge is -2.13. The number of hydrogen-bond donors (Lipinski definition) is 0. The summed E-state index contributed by atoms with van der Waals surface area (Å²) in [5.74, 6) is -0.404. The van der Waals surface area contributed by atoms with Crippen LogP contribution >= 0.6 is 0 Å². The highest BCUT2D eigenvalue weighted by atomic mass is 19.4. The molecule has 0 atom stereocenters. The van der Waals surface area contributed by atoms with E-state index in [2.05, 4.69) is 19.7 Å². The molecule has 1 aliphatic rings. The lowest BCUT2D eigenvalue weighted by atomic mass is 9.99. The fourth-order valence-corrected chi connectivity index (χ4v) is 3.58. The van der Waals surface area contributed by atoms with Gasteiger partial charge >= 0.3 is 12.3 Å². The van der Waals surface area contributed by atoms with Gasteiger partial charge in [-0.3, -0.25) is 4.99 Å². The third kappa shape index (κ3) is 5.52. The molecule has 0 saturated carbocycles. The van der Waals surface area contributed by atoms with Gasteiger partial charge in [0.25, 0.3) is 0 Å². The van der Waals surface area contributed by atoms with Crippen LogP contribution in [-0.4, -0.2) is 41.2 Å². The number of aryl methyl sites for hydroxylation is 1. The number of nitrogens with zero attached hydrogens (tertiary/aromatic N) is 3. The first-order valence-corrected chi connectivity index (χ1v) is 10.4. The Morgan fingerprint density at radius 3 is 2.50 bits per heavy atom. The minimum absolute atomic E-state index is 0.255. The average Bonchev–Trinajstić information content (AvgIpc) is 2.90. The van der Waals surface area contributed by atoms with E-state index in [9.17, 15) is 18.0 Å². The molecule has 170 valence electrons. The van der Waals surface area contributed by atoms with Crippen molar-refractivity contribution >= 4 is 17.3 Å². The van der Waals surface area contributed by atoms with E-state index in [1.54, 1.807) is 13.1 Å². The Bertz CT molecular complexity index is 1040. The summed E-state index contributed by atoms with van der Waals surface area (Å²) in [5.41, 5.74) is 4.12. The highest BCUT2D eigenvalue weighted by Crippen LogP contribution is 2.32. The van der Waals surface area contributed by atoms with Crippen molar-refractivity contribution in [2.45, 2.75) is 46.4 Å². The number of ether oxygens (including phenoxy) is 2. The number of allylic oxidation sites excluding steroid dienone is 1. The number of fused-ring (bicyclic) bond motifs is 1. The topological polar surface area (TPSA) is 73.7 Å². The van der Waals surface area contributed by atoms with E-state index in [-0.39, 0.29) is 12.4 Å². The molecule has 1 heterocycles. The number of carbonyl (C=O) groups excluding carboxylic acids is 1. The maximum absolute atomic E-state index is 12.5. The zero-order valence-electron chi connectivity index (χ0n) is 18.1. The van der Waals surface area contributed by atoms with Gasteiger partial charge < -0.3 is 9.47 Å². The molecular weight excluding hydrogens is 423 g/mol. The van der Waals surface area contributed by atoms with Crippen molar-refractivity contribution in [2.75, 3.05) is 13.2 Å². The third-order valence-electron chi connectivity index (χ3n) is 4.96. The normalized spacial score (nSPS) is 14.6. The number of alkyl halides is 3. The van der Waals surface area contributed by atoms with Crippen LogP contribution in [0.1, 0.15) is 44.9 Å². The van der Waals surface area contributed by atoms with Crippen molar-refractivity contribution in [3.05, 3.63) is 47.3 Å². The van der Waals surface area contributed by atoms with Gasteiger partial charge in [0.15, 0.2) is 5.82 Å². The molecule has 9 heteroatoms. The molecule has 3 rings (SSSR count). The maximum atomic E-state index is 12.5. The van der Waals surface area contributed by atoms with E-state index in [1.165, 1.54) is 24.3 Å². The first-order chi connectivity index (χ1) is 15.2. The minimum Gasteiger partial charge on any atom is -0.461 e. The van der Waals surface area contributed by atoms with Gasteiger partial charge in [-0.15, -0.1) is 13.2 Å². The Balaban J connectivity index is 2.01. The van der Waals surface area contributed by atoms with Crippen LogP contribution in [0.5, 0.6) is 5.75 Å². The number of carbonyl (C=O) groups is 1. The van der Waals surface area contributed by atoms with Crippen molar-refractivity contribution in [3.63, 3.8) is 0 Å². The number of esters is 1. The summed E-state index contributed by atoms with van der Waals surface area (Å²) in [4.78, 5) is 26.0. The van der Waals surface area contributed by atoms with E-state index in [4.69, 9.17) is 4.74 Å². The van der Waals surface area contributed by atoms with Crippen LogP contribution in [0.3, 0.4) is 0 Å². The number of benzene rings is 1. The lowest BCUT2D eigenvalue weighted by Crippen LogP contribution is -2.21. The van der Waals surface area contributed by atoms with Crippen LogP contribution in [0, 0.1) is 0 Å². The summed E-state index contributed by atoms with van der Waals surface area (Å²) in [5, 5.41) is 0. The Morgan fingerprint density at radius 2 is 1.88 bits per heavy atom. The lowest BCUT2D eigenvalue weighted by molar-refractivity contribution is -0.274. The molecule has 0 spiro atoms. The van der Waals surface area contributed by atoms with Gasteiger partial charge in [0, 0.05) is 18.3 Å². The van der Waals surface area contributed by atoms with E-state index < -0.39 is 12.3 Å². The first kappa shape index (κ1) is 23.4. The molecule has 0 amide bonds. The molecule has 0 fully saturated rings. The highest BCUT2D eigenvalue weighted by molar-refractivity contribution is 6.44. The summed E-state index contributed by atoms with van der Waals surface area (Å²) in [7, 11) is 0. The van der Waals surface area contributed by atoms with Crippen molar-refractivity contribution in [2.24, 2.45) is 4.99 Å². The summed E-state index contributed by atoms with van der Waals surface area (Å²) in [6, 6.07) is 5.39. The molecule has 1 aliphatic carbocycles. The van der Waals surface area contributed by atoms with Crippen molar-refractivity contribution in [1.29, 1.82) is 0 Å². The van der Waals surface area contributed by atoms with Gasteiger partial charge in [-0.25, -0.2) is 14.8 Å². The first-order valence-electron chi connectivity index (χ1n) is 10.4. The van der Waals surface area contributed by atoms with E-state index in [0.29, 0.717) is 35.8 Å². The van der Waals surface area contributed by atoms with Gasteiger partial charge in [-0.1, -0.05) is 0 Å². The Kier molecular flexibility index (Phi) is 7.27. The molecule has 0 saturated heterocycles. The van der Waals surface area contributed by atoms with E-state index >= 15 is 0 Å². The quantitative estimate of drug-likeness (QED) is 0.451. The second-order valence-corrected chi connectivity index (χ2v) is 7.14. The SMILES string of the molecule is CC/N=C(/C(=O)OCC)C1=C(C)c2nc(-c3ccc(OC(F)(F)F)cc3)ncc2CCC1. The Hall–Kier alpha value is -3.23. The summed E-state index contributed by atoms with van der Waals surface area (Å²) >= 11 is 0. The fraction of sp³-hybridized carbons (Fsp3) is 0.391. The molecule has 32 heavy (non-hydrogen) atoms. The average molecular weight is 447 g/mol. The van der Waals surface area contributed by atoms with Crippen molar-refractivity contribution in [1.82, 2.24) is 9.97 Å².